The van der Waals surface area contributed by atoms with Gasteiger partial charge in [-0.05, 0) is 55.0 Å². The number of methoxy groups -OCH3 is 1. The molecule has 5 rings (SSSR count). The largest absolute Gasteiger partial charge is 0.465 e. The first-order valence-corrected chi connectivity index (χ1v) is 11.9. The number of hydrogen-bond donors (Lipinski definition) is 1. The number of carbonyl (C=O) groups is 1. The second-order valence-corrected chi connectivity index (χ2v) is 9.75. The van der Waals surface area contributed by atoms with Gasteiger partial charge in [-0.1, -0.05) is 30.6 Å². The van der Waals surface area contributed by atoms with Crippen LogP contribution >= 0.6 is 11.3 Å². The minimum absolute atomic E-state index is 0.146. The summed E-state index contributed by atoms with van der Waals surface area (Å²) in [6.45, 7) is 0.847. The van der Waals surface area contributed by atoms with Crippen molar-refractivity contribution < 1.29 is 9.53 Å². The average Bonchev–Trinajstić information content (AvgIpc) is 3.50. The molecule has 1 aromatic carbocycles. The molecule has 0 spiro atoms. The van der Waals surface area contributed by atoms with Gasteiger partial charge in [0.15, 0.2) is 0 Å². The highest BCUT2D eigenvalue weighted by Crippen LogP contribution is 2.43. The van der Waals surface area contributed by atoms with Crippen molar-refractivity contribution in [2.75, 3.05) is 12.4 Å². The second-order valence-electron chi connectivity index (χ2n) is 8.76. The van der Waals surface area contributed by atoms with E-state index in [0.717, 1.165) is 34.4 Å². The lowest BCUT2D eigenvalue weighted by Gasteiger charge is -2.21. The molecule has 2 fully saturated rings. The van der Waals surface area contributed by atoms with Crippen LogP contribution in [0.1, 0.15) is 60.4 Å². The van der Waals surface area contributed by atoms with Crippen LogP contribution in [0.15, 0.2) is 41.5 Å². The lowest BCUT2D eigenvalue weighted by atomic mass is 9.89. The van der Waals surface area contributed by atoms with Crippen LogP contribution < -0.4 is 10.2 Å². The summed E-state index contributed by atoms with van der Waals surface area (Å²) in [6, 6.07) is 8.41. The number of carbonyl (C=O) groups excluding carboxylic acids is 1. The molecule has 0 aliphatic heterocycles. The molecule has 31 heavy (non-hydrogen) atoms. The highest BCUT2D eigenvalue weighted by Gasteiger charge is 2.39. The number of fused-ring (bicyclic) bond motifs is 1. The number of thiazole rings is 1. The van der Waals surface area contributed by atoms with Crippen LogP contribution in [0.25, 0.3) is 10.2 Å². The molecule has 0 bridgehead atoms. The standard InChI is InChI=1S/C24H27N3O3S/c1-30-23(28)17-9-16(12-25-13-17)19-11-20(19)26-18-7-8-21-22(10-18)31-24(29)27(21)14-15-5-3-2-4-6-15/h7-10,12-13,15,19-20,26H,2-6,11,14H2,1H3. The van der Waals surface area contributed by atoms with Crippen molar-refractivity contribution >= 4 is 33.2 Å². The van der Waals surface area contributed by atoms with Crippen molar-refractivity contribution in [3.8, 4) is 0 Å². The third kappa shape index (κ3) is 4.24. The van der Waals surface area contributed by atoms with Crippen LogP contribution in [0, 0.1) is 5.92 Å². The van der Waals surface area contributed by atoms with E-state index in [9.17, 15) is 9.59 Å². The van der Waals surface area contributed by atoms with Crippen molar-refractivity contribution in [3.05, 3.63) is 57.5 Å². The van der Waals surface area contributed by atoms with E-state index in [-0.39, 0.29) is 10.8 Å². The lowest BCUT2D eigenvalue weighted by Crippen LogP contribution is -2.20. The normalized spacial score (nSPS) is 21.2. The van der Waals surface area contributed by atoms with Crippen LogP contribution in [0.4, 0.5) is 5.69 Å². The second kappa shape index (κ2) is 8.46. The van der Waals surface area contributed by atoms with Gasteiger partial charge >= 0.3 is 10.8 Å². The van der Waals surface area contributed by atoms with Gasteiger partial charge in [-0.2, -0.15) is 0 Å². The van der Waals surface area contributed by atoms with E-state index >= 15 is 0 Å². The molecule has 0 saturated heterocycles. The maximum atomic E-state index is 12.6. The number of aromatic nitrogens is 2. The van der Waals surface area contributed by atoms with Crippen LogP contribution in [-0.4, -0.2) is 28.7 Å². The Morgan fingerprint density at radius 1 is 1.23 bits per heavy atom. The molecule has 2 atom stereocenters. The Morgan fingerprint density at radius 2 is 2.06 bits per heavy atom. The number of rotatable bonds is 6. The lowest BCUT2D eigenvalue weighted by molar-refractivity contribution is 0.0600. The molecular formula is C24H27N3O3S. The maximum Gasteiger partial charge on any atom is 0.339 e. The number of benzene rings is 1. The summed E-state index contributed by atoms with van der Waals surface area (Å²) in [5.74, 6) is 0.587. The summed E-state index contributed by atoms with van der Waals surface area (Å²) in [7, 11) is 1.38. The van der Waals surface area contributed by atoms with Crippen LogP contribution in [-0.2, 0) is 11.3 Å². The van der Waals surface area contributed by atoms with E-state index in [1.807, 2.05) is 16.8 Å². The summed E-state index contributed by atoms with van der Waals surface area (Å²) in [5.41, 5.74) is 3.61. The Kier molecular flexibility index (Phi) is 5.52. The molecular weight excluding hydrogens is 410 g/mol. The zero-order valence-corrected chi connectivity index (χ0v) is 18.5. The van der Waals surface area contributed by atoms with Gasteiger partial charge in [0, 0.05) is 36.6 Å². The number of nitrogens with zero attached hydrogens (tertiary/aromatic N) is 2. The Labute approximate surface area is 185 Å². The number of esters is 1. The summed E-state index contributed by atoms with van der Waals surface area (Å²) in [5, 5.41) is 3.58. The van der Waals surface area contributed by atoms with Crippen molar-refractivity contribution in [2.24, 2.45) is 5.92 Å². The van der Waals surface area contributed by atoms with Gasteiger partial charge in [-0.25, -0.2) is 4.79 Å². The Morgan fingerprint density at radius 3 is 2.87 bits per heavy atom. The molecule has 2 saturated carbocycles. The van der Waals surface area contributed by atoms with Crippen molar-refractivity contribution in [3.63, 3.8) is 0 Å². The first-order valence-electron chi connectivity index (χ1n) is 11.1. The Balaban J connectivity index is 1.29. The number of hydrogen-bond acceptors (Lipinski definition) is 6. The fraction of sp³-hybridized carbons (Fsp3) is 0.458. The third-order valence-electron chi connectivity index (χ3n) is 6.58. The number of pyridine rings is 1. The third-order valence-corrected chi connectivity index (χ3v) is 7.53. The minimum atomic E-state index is -0.363. The molecule has 2 aliphatic rings. The number of nitrogens with one attached hydrogen (secondary N) is 1. The monoisotopic (exact) mass is 437 g/mol. The first-order chi connectivity index (χ1) is 15.1. The smallest absolute Gasteiger partial charge is 0.339 e. The van der Waals surface area contributed by atoms with E-state index in [2.05, 4.69) is 28.5 Å². The van der Waals surface area contributed by atoms with Gasteiger partial charge in [0.2, 0.25) is 0 Å². The van der Waals surface area contributed by atoms with Gasteiger partial charge in [0.25, 0.3) is 0 Å². The van der Waals surface area contributed by atoms with E-state index in [0.29, 0.717) is 23.4 Å². The van der Waals surface area contributed by atoms with Crippen molar-refractivity contribution in [1.82, 2.24) is 9.55 Å². The fourth-order valence-electron chi connectivity index (χ4n) is 4.78. The quantitative estimate of drug-likeness (QED) is 0.561. The average molecular weight is 438 g/mol. The maximum absolute atomic E-state index is 12.6. The number of anilines is 1. The summed E-state index contributed by atoms with van der Waals surface area (Å²) in [6.07, 6.45) is 10.7. The highest BCUT2D eigenvalue weighted by molar-refractivity contribution is 7.16. The predicted molar refractivity (Wildman–Crippen MR) is 123 cm³/mol. The van der Waals surface area contributed by atoms with E-state index in [4.69, 9.17) is 4.74 Å². The summed E-state index contributed by atoms with van der Waals surface area (Å²) < 4.78 is 7.81. The topological polar surface area (TPSA) is 73.2 Å². The van der Waals surface area contributed by atoms with Gasteiger partial charge in [-0.15, -0.1) is 0 Å². The molecule has 2 heterocycles. The fourth-order valence-corrected chi connectivity index (χ4v) is 5.72. The number of ether oxygens (including phenoxy) is 1. The molecule has 7 heteroatoms. The van der Waals surface area contributed by atoms with Crippen LogP contribution in [0.2, 0.25) is 0 Å². The van der Waals surface area contributed by atoms with Gasteiger partial charge < -0.3 is 10.1 Å². The zero-order valence-electron chi connectivity index (χ0n) is 17.7. The van der Waals surface area contributed by atoms with Crippen molar-refractivity contribution in [1.29, 1.82) is 0 Å². The Bertz CT molecular complexity index is 1160. The molecule has 162 valence electrons. The van der Waals surface area contributed by atoms with Crippen molar-refractivity contribution in [2.45, 2.75) is 57.0 Å². The van der Waals surface area contributed by atoms with Gasteiger partial charge in [-0.3, -0.25) is 14.3 Å². The van der Waals surface area contributed by atoms with Gasteiger partial charge in [0.05, 0.1) is 22.9 Å². The molecule has 0 radical (unpaired) electrons. The molecule has 2 unspecified atom stereocenters. The molecule has 2 aliphatic carbocycles. The predicted octanol–water partition coefficient (Wildman–Crippen LogP) is 4.79. The van der Waals surface area contributed by atoms with Crippen LogP contribution in [0.5, 0.6) is 0 Å². The molecule has 6 nitrogen and oxygen atoms in total. The summed E-state index contributed by atoms with van der Waals surface area (Å²) >= 11 is 1.34. The molecule has 2 aromatic heterocycles. The van der Waals surface area contributed by atoms with E-state index in [1.54, 1.807) is 0 Å². The van der Waals surface area contributed by atoms with Crippen LogP contribution in [0.3, 0.4) is 0 Å². The van der Waals surface area contributed by atoms with E-state index < -0.39 is 0 Å². The van der Waals surface area contributed by atoms with E-state index in [1.165, 1.54) is 56.7 Å². The molecule has 0 amide bonds. The highest BCUT2D eigenvalue weighted by atomic mass is 32.1. The SMILES string of the molecule is COC(=O)c1cncc(C2CC2Nc2ccc3c(c2)sc(=O)n3CC2CCCCC2)c1. The van der Waals surface area contributed by atoms with Gasteiger partial charge in [0.1, 0.15) is 0 Å². The first kappa shape index (κ1) is 20.2. The molecule has 1 N–H and O–H groups in total. The zero-order chi connectivity index (χ0) is 21.4. The minimum Gasteiger partial charge on any atom is -0.465 e. The Hall–Kier alpha value is -2.67. The molecule has 3 aromatic rings. The summed E-state index contributed by atoms with van der Waals surface area (Å²) in [4.78, 5) is 28.7.